The van der Waals surface area contributed by atoms with Crippen LogP contribution >= 0.6 is 0 Å². The minimum atomic E-state index is -0.522. The molecule has 0 aliphatic carbocycles. The first kappa shape index (κ1) is 11.1. The maximum absolute atomic E-state index is 10.8. The predicted octanol–water partition coefficient (Wildman–Crippen LogP) is 1.96. The van der Waals surface area contributed by atoms with Crippen molar-refractivity contribution in [3.8, 4) is 17.2 Å². The lowest BCUT2D eigenvalue weighted by Crippen LogP contribution is -1.94. The molecule has 0 atom stereocenters. The summed E-state index contributed by atoms with van der Waals surface area (Å²) in [6.07, 6.45) is 0. The summed E-state index contributed by atoms with van der Waals surface area (Å²) in [4.78, 5) is 10.3. The van der Waals surface area contributed by atoms with Crippen molar-refractivity contribution in [2.75, 3.05) is 7.11 Å². The zero-order valence-corrected chi connectivity index (χ0v) is 9.21. The van der Waals surface area contributed by atoms with E-state index in [0.717, 1.165) is 0 Å². The van der Waals surface area contributed by atoms with Gasteiger partial charge in [-0.2, -0.15) is 0 Å². The molecule has 1 aromatic heterocycles. The van der Waals surface area contributed by atoms with E-state index in [1.165, 1.54) is 19.2 Å². The fraction of sp³-hybridized carbons (Fsp3) is 0.200. The minimum absolute atomic E-state index is 0.138. The SMILES string of the molecule is COc1ccc(-c2nnc(C)o2)cc1[N+](=O)[O-]. The van der Waals surface area contributed by atoms with E-state index >= 15 is 0 Å². The van der Waals surface area contributed by atoms with E-state index in [-0.39, 0.29) is 17.3 Å². The van der Waals surface area contributed by atoms with Gasteiger partial charge in [0.05, 0.1) is 12.0 Å². The summed E-state index contributed by atoms with van der Waals surface area (Å²) in [6, 6.07) is 4.46. The number of hydrogen-bond acceptors (Lipinski definition) is 6. The molecule has 0 fully saturated rings. The second-order valence-electron chi connectivity index (χ2n) is 3.27. The monoisotopic (exact) mass is 235 g/mol. The highest BCUT2D eigenvalue weighted by Gasteiger charge is 2.17. The van der Waals surface area contributed by atoms with Gasteiger partial charge in [0.1, 0.15) is 0 Å². The van der Waals surface area contributed by atoms with Gasteiger partial charge in [0.25, 0.3) is 0 Å². The van der Waals surface area contributed by atoms with E-state index in [1.54, 1.807) is 13.0 Å². The Morgan fingerprint density at radius 2 is 2.18 bits per heavy atom. The lowest BCUT2D eigenvalue weighted by molar-refractivity contribution is -0.385. The van der Waals surface area contributed by atoms with E-state index in [9.17, 15) is 10.1 Å². The Morgan fingerprint density at radius 1 is 1.41 bits per heavy atom. The average molecular weight is 235 g/mol. The lowest BCUT2D eigenvalue weighted by Gasteiger charge is -2.02. The summed E-state index contributed by atoms with van der Waals surface area (Å²) < 4.78 is 10.1. The van der Waals surface area contributed by atoms with Gasteiger partial charge in [0, 0.05) is 18.6 Å². The molecule has 88 valence electrons. The van der Waals surface area contributed by atoms with E-state index in [2.05, 4.69) is 10.2 Å². The quantitative estimate of drug-likeness (QED) is 0.596. The van der Waals surface area contributed by atoms with Crippen molar-refractivity contribution in [1.29, 1.82) is 0 Å². The second kappa shape index (κ2) is 4.20. The van der Waals surface area contributed by atoms with Crippen LogP contribution in [0.5, 0.6) is 5.75 Å². The Hall–Kier alpha value is -2.44. The summed E-state index contributed by atoms with van der Waals surface area (Å²) in [5.41, 5.74) is 0.346. The molecule has 0 saturated heterocycles. The Kier molecular flexibility index (Phi) is 2.73. The van der Waals surface area contributed by atoms with Crippen molar-refractivity contribution >= 4 is 5.69 Å². The number of rotatable bonds is 3. The normalized spacial score (nSPS) is 10.2. The molecule has 7 heteroatoms. The van der Waals surface area contributed by atoms with Crippen LogP contribution in [0.4, 0.5) is 5.69 Å². The van der Waals surface area contributed by atoms with E-state index in [1.807, 2.05) is 0 Å². The molecule has 0 amide bonds. The maximum atomic E-state index is 10.8. The molecule has 0 aliphatic heterocycles. The molecule has 2 rings (SSSR count). The number of nitro groups is 1. The highest BCUT2D eigenvalue weighted by molar-refractivity contribution is 5.62. The summed E-state index contributed by atoms with van der Waals surface area (Å²) >= 11 is 0. The Labute approximate surface area is 96.2 Å². The van der Waals surface area contributed by atoms with Gasteiger partial charge in [-0.1, -0.05) is 0 Å². The summed E-state index contributed by atoms with van der Waals surface area (Å²) in [5.74, 6) is 0.835. The van der Waals surface area contributed by atoms with Gasteiger partial charge in [0.15, 0.2) is 5.75 Å². The van der Waals surface area contributed by atoms with Crippen LogP contribution in [-0.2, 0) is 0 Å². The first-order valence-corrected chi connectivity index (χ1v) is 4.74. The average Bonchev–Trinajstić information content (AvgIpc) is 2.75. The van der Waals surface area contributed by atoms with Crippen LogP contribution in [0.2, 0.25) is 0 Å². The van der Waals surface area contributed by atoms with Crippen LogP contribution in [-0.4, -0.2) is 22.2 Å². The number of methoxy groups -OCH3 is 1. The van der Waals surface area contributed by atoms with Crippen LogP contribution < -0.4 is 4.74 Å². The molecule has 1 aromatic carbocycles. The van der Waals surface area contributed by atoms with Crippen molar-refractivity contribution < 1.29 is 14.1 Å². The van der Waals surface area contributed by atoms with Crippen LogP contribution in [0.15, 0.2) is 22.6 Å². The molecule has 17 heavy (non-hydrogen) atoms. The van der Waals surface area contributed by atoms with E-state index < -0.39 is 4.92 Å². The van der Waals surface area contributed by atoms with Crippen molar-refractivity contribution in [2.45, 2.75) is 6.92 Å². The van der Waals surface area contributed by atoms with Gasteiger partial charge in [-0.25, -0.2) is 0 Å². The van der Waals surface area contributed by atoms with Gasteiger partial charge in [-0.15, -0.1) is 10.2 Å². The number of aromatic nitrogens is 2. The van der Waals surface area contributed by atoms with Gasteiger partial charge in [-0.3, -0.25) is 10.1 Å². The van der Waals surface area contributed by atoms with Gasteiger partial charge < -0.3 is 9.15 Å². The molecule has 0 N–H and O–H groups in total. The topological polar surface area (TPSA) is 91.3 Å². The number of aryl methyl sites for hydroxylation is 1. The van der Waals surface area contributed by atoms with Gasteiger partial charge in [-0.05, 0) is 12.1 Å². The molecule has 1 heterocycles. The fourth-order valence-corrected chi connectivity index (χ4v) is 1.38. The predicted molar refractivity (Wildman–Crippen MR) is 57.7 cm³/mol. The number of ether oxygens (including phenoxy) is 1. The molecule has 2 aromatic rings. The smallest absolute Gasteiger partial charge is 0.311 e. The van der Waals surface area contributed by atoms with Gasteiger partial charge in [0.2, 0.25) is 11.8 Å². The largest absolute Gasteiger partial charge is 0.490 e. The molecule has 0 spiro atoms. The molecule has 0 bridgehead atoms. The van der Waals surface area contributed by atoms with E-state index in [0.29, 0.717) is 11.5 Å². The van der Waals surface area contributed by atoms with Crippen molar-refractivity contribution in [3.05, 3.63) is 34.2 Å². The molecule has 0 saturated carbocycles. The molecule has 0 radical (unpaired) electrons. The highest BCUT2D eigenvalue weighted by Crippen LogP contribution is 2.31. The standard InChI is InChI=1S/C10H9N3O4/c1-6-11-12-10(17-6)7-3-4-9(16-2)8(5-7)13(14)15/h3-5H,1-2H3. The zero-order valence-electron chi connectivity index (χ0n) is 9.21. The van der Waals surface area contributed by atoms with Crippen LogP contribution in [0.1, 0.15) is 5.89 Å². The Morgan fingerprint density at radius 3 is 2.71 bits per heavy atom. The fourth-order valence-electron chi connectivity index (χ4n) is 1.38. The Bertz CT molecular complexity index is 564. The van der Waals surface area contributed by atoms with Crippen LogP contribution in [0.25, 0.3) is 11.5 Å². The number of nitrogens with zero attached hydrogens (tertiary/aromatic N) is 3. The number of hydrogen-bond donors (Lipinski definition) is 0. The van der Waals surface area contributed by atoms with Gasteiger partial charge >= 0.3 is 5.69 Å². The third kappa shape index (κ3) is 2.07. The minimum Gasteiger partial charge on any atom is -0.490 e. The summed E-state index contributed by atoms with van der Waals surface area (Å²) in [6.45, 7) is 1.65. The molecular formula is C10H9N3O4. The molecule has 0 aliphatic rings. The number of benzene rings is 1. The first-order chi connectivity index (χ1) is 8.11. The van der Waals surface area contributed by atoms with Crippen molar-refractivity contribution in [3.63, 3.8) is 0 Å². The first-order valence-electron chi connectivity index (χ1n) is 4.74. The van der Waals surface area contributed by atoms with Crippen molar-refractivity contribution in [2.24, 2.45) is 0 Å². The Balaban J connectivity index is 2.50. The third-order valence-corrected chi connectivity index (χ3v) is 2.15. The van der Waals surface area contributed by atoms with Crippen LogP contribution in [0, 0.1) is 17.0 Å². The second-order valence-corrected chi connectivity index (χ2v) is 3.27. The van der Waals surface area contributed by atoms with Crippen LogP contribution in [0.3, 0.4) is 0 Å². The van der Waals surface area contributed by atoms with Crippen molar-refractivity contribution in [1.82, 2.24) is 10.2 Å². The highest BCUT2D eigenvalue weighted by atomic mass is 16.6. The molecule has 0 unspecified atom stereocenters. The zero-order chi connectivity index (χ0) is 12.4. The molecular weight excluding hydrogens is 226 g/mol. The molecule has 7 nitrogen and oxygen atoms in total. The lowest BCUT2D eigenvalue weighted by atomic mass is 10.2. The maximum Gasteiger partial charge on any atom is 0.311 e. The summed E-state index contributed by atoms with van der Waals surface area (Å²) in [7, 11) is 1.37. The van der Waals surface area contributed by atoms with E-state index in [4.69, 9.17) is 9.15 Å². The number of nitro benzene ring substituents is 1. The summed E-state index contributed by atoms with van der Waals surface area (Å²) in [5, 5.41) is 18.3. The third-order valence-electron chi connectivity index (χ3n) is 2.15.